The number of hydrogen-bond donors (Lipinski definition) is 1. The van der Waals surface area contributed by atoms with Gasteiger partial charge in [0.05, 0.1) is 6.61 Å². The number of tetrazole rings is 1. The van der Waals surface area contributed by atoms with E-state index < -0.39 is 0 Å². The van der Waals surface area contributed by atoms with E-state index in [-0.39, 0.29) is 18.5 Å². The van der Waals surface area contributed by atoms with Crippen molar-refractivity contribution >= 4 is 5.91 Å². The maximum absolute atomic E-state index is 12.1. The number of aromatic nitrogens is 4. The highest BCUT2D eigenvalue weighted by Gasteiger charge is 2.16. The van der Waals surface area contributed by atoms with Crippen molar-refractivity contribution in [1.29, 1.82) is 0 Å². The minimum Gasteiger partial charge on any atom is -0.493 e. The molecule has 0 saturated heterocycles. The van der Waals surface area contributed by atoms with Crippen LogP contribution in [-0.2, 0) is 11.3 Å². The summed E-state index contributed by atoms with van der Waals surface area (Å²) in [4.78, 5) is 13.5. The summed E-state index contributed by atoms with van der Waals surface area (Å²) in [5.74, 6) is 1.75. The van der Waals surface area contributed by atoms with Gasteiger partial charge in [0.2, 0.25) is 11.7 Å². The Morgan fingerprint density at radius 2 is 1.96 bits per heavy atom. The molecule has 0 spiro atoms. The maximum atomic E-state index is 12.1. The van der Waals surface area contributed by atoms with E-state index in [1.165, 1.54) is 24.1 Å². The predicted octanol–water partition coefficient (Wildman–Crippen LogP) is 2.82. The fourth-order valence-electron chi connectivity index (χ4n) is 3.04. The molecule has 7 nitrogen and oxygen atoms in total. The van der Waals surface area contributed by atoms with Crippen LogP contribution in [0.25, 0.3) is 11.4 Å². The van der Waals surface area contributed by atoms with Gasteiger partial charge in [-0.1, -0.05) is 33.1 Å². The van der Waals surface area contributed by atoms with Gasteiger partial charge in [-0.3, -0.25) is 4.79 Å². The van der Waals surface area contributed by atoms with Crippen LogP contribution in [0, 0.1) is 5.92 Å². The second-order valence-corrected chi connectivity index (χ2v) is 7.28. The number of amides is 1. The molecule has 2 aromatic rings. The van der Waals surface area contributed by atoms with Crippen LogP contribution in [0.2, 0.25) is 0 Å². The lowest BCUT2D eigenvalue weighted by molar-refractivity contribution is -0.123. The number of nitrogens with one attached hydrogen (secondary N) is 1. The van der Waals surface area contributed by atoms with Gasteiger partial charge in [-0.15, -0.1) is 10.2 Å². The molecule has 26 heavy (non-hydrogen) atoms. The zero-order chi connectivity index (χ0) is 18.4. The first-order valence-corrected chi connectivity index (χ1v) is 9.40. The number of carbonyl (C=O) groups excluding carboxylic acids is 1. The molecule has 1 aromatic carbocycles. The Morgan fingerprint density at radius 1 is 1.23 bits per heavy atom. The number of benzene rings is 1. The molecule has 1 aliphatic carbocycles. The van der Waals surface area contributed by atoms with E-state index in [0.717, 1.165) is 24.2 Å². The molecule has 1 amide bonds. The molecule has 1 aromatic heterocycles. The minimum absolute atomic E-state index is 0.0571. The van der Waals surface area contributed by atoms with Gasteiger partial charge in [0, 0.05) is 11.6 Å². The smallest absolute Gasteiger partial charge is 0.243 e. The Balaban J connectivity index is 1.54. The zero-order valence-corrected chi connectivity index (χ0v) is 15.5. The van der Waals surface area contributed by atoms with Crippen molar-refractivity contribution < 1.29 is 9.53 Å². The average molecular weight is 357 g/mol. The van der Waals surface area contributed by atoms with Gasteiger partial charge in [0.15, 0.2) is 0 Å². The molecule has 140 valence electrons. The number of rotatable bonds is 7. The first-order valence-electron chi connectivity index (χ1n) is 9.40. The highest BCUT2D eigenvalue weighted by molar-refractivity contribution is 5.75. The maximum Gasteiger partial charge on any atom is 0.243 e. The zero-order valence-electron chi connectivity index (χ0n) is 15.5. The van der Waals surface area contributed by atoms with E-state index >= 15 is 0 Å². The van der Waals surface area contributed by atoms with E-state index in [9.17, 15) is 4.79 Å². The van der Waals surface area contributed by atoms with Crippen molar-refractivity contribution in [3.8, 4) is 17.1 Å². The SMILES string of the molecule is CC(C)COc1ccc(-c2nnn(CC(=O)NC3CCCCC3)n2)cc1. The molecule has 1 N–H and O–H groups in total. The van der Waals surface area contributed by atoms with Gasteiger partial charge >= 0.3 is 0 Å². The first-order chi connectivity index (χ1) is 12.6. The highest BCUT2D eigenvalue weighted by Crippen LogP contribution is 2.19. The van der Waals surface area contributed by atoms with Gasteiger partial charge in [0.25, 0.3) is 0 Å². The summed E-state index contributed by atoms with van der Waals surface area (Å²) >= 11 is 0. The second kappa shape index (κ2) is 8.78. The molecular weight excluding hydrogens is 330 g/mol. The topological polar surface area (TPSA) is 81.9 Å². The summed E-state index contributed by atoms with van der Waals surface area (Å²) in [5, 5.41) is 15.4. The fourth-order valence-corrected chi connectivity index (χ4v) is 3.04. The molecule has 1 saturated carbocycles. The summed E-state index contributed by atoms with van der Waals surface area (Å²) in [5.41, 5.74) is 0.848. The predicted molar refractivity (Wildman–Crippen MR) is 98.6 cm³/mol. The Morgan fingerprint density at radius 3 is 2.65 bits per heavy atom. The molecule has 1 fully saturated rings. The minimum atomic E-state index is -0.0571. The van der Waals surface area contributed by atoms with Crippen LogP contribution >= 0.6 is 0 Å². The van der Waals surface area contributed by atoms with E-state index in [1.54, 1.807) is 0 Å². The fraction of sp³-hybridized carbons (Fsp3) is 0.579. The third-order valence-electron chi connectivity index (χ3n) is 4.40. The van der Waals surface area contributed by atoms with Gasteiger partial charge < -0.3 is 10.1 Å². The van der Waals surface area contributed by atoms with Crippen molar-refractivity contribution in [2.75, 3.05) is 6.61 Å². The number of nitrogens with zero attached hydrogens (tertiary/aromatic N) is 4. The lowest BCUT2D eigenvalue weighted by Gasteiger charge is -2.22. The van der Waals surface area contributed by atoms with Crippen molar-refractivity contribution in [2.24, 2.45) is 5.92 Å². The van der Waals surface area contributed by atoms with Gasteiger partial charge in [-0.2, -0.15) is 4.80 Å². The van der Waals surface area contributed by atoms with Crippen LogP contribution in [0.4, 0.5) is 0 Å². The molecule has 3 rings (SSSR count). The Bertz CT molecular complexity index is 705. The molecule has 0 aliphatic heterocycles. The largest absolute Gasteiger partial charge is 0.493 e. The standard InChI is InChI=1S/C19H27N5O2/c1-14(2)13-26-17-10-8-15(9-11-17)19-21-23-24(22-19)12-18(25)20-16-6-4-3-5-7-16/h8-11,14,16H,3-7,12-13H2,1-2H3,(H,20,25). The van der Waals surface area contributed by atoms with Crippen molar-refractivity contribution in [2.45, 2.75) is 58.5 Å². The lowest BCUT2D eigenvalue weighted by atomic mass is 9.95. The highest BCUT2D eigenvalue weighted by atomic mass is 16.5. The quantitative estimate of drug-likeness (QED) is 0.824. The molecule has 7 heteroatoms. The summed E-state index contributed by atoms with van der Waals surface area (Å²) in [7, 11) is 0. The van der Waals surface area contributed by atoms with E-state index in [0.29, 0.717) is 18.3 Å². The molecule has 0 atom stereocenters. The van der Waals surface area contributed by atoms with Crippen LogP contribution in [0.1, 0.15) is 46.0 Å². The first kappa shape index (κ1) is 18.4. The van der Waals surface area contributed by atoms with Crippen molar-refractivity contribution in [1.82, 2.24) is 25.5 Å². The van der Waals surface area contributed by atoms with Gasteiger partial charge in [-0.25, -0.2) is 0 Å². The van der Waals surface area contributed by atoms with Gasteiger partial charge in [0.1, 0.15) is 12.3 Å². The van der Waals surface area contributed by atoms with Crippen molar-refractivity contribution in [3.05, 3.63) is 24.3 Å². The summed E-state index contributed by atoms with van der Waals surface area (Å²) in [6, 6.07) is 7.89. The third kappa shape index (κ3) is 5.28. The Kier molecular flexibility index (Phi) is 6.20. The van der Waals surface area contributed by atoms with E-state index in [1.807, 2.05) is 24.3 Å². The Hall–Kier alpha value is -2.44. The molecule has 0 unspecified atom stereocenters. The van der Waals surface area contributed by atoms with E-state index in [4.69, 9.17) is 4.74 Å². The molecule has 0 radical (unpaired) electrons. The van der Waals surface area contributed by atoms with E-state index in [2.05, 4.69) is 34.6 Å². The second-order valence-electron chi connectivity index (χ2n) is 7.28. The lowest BCUT2D eigenvalue weighted by Crippen LogP contribution is -2.38. The van der Waals surface area contributed by atoms with Crippen LogP contribution < -0.4 is 10.1 Å². The van der Waals surface area contributed by atoms with Crippen LogP contribution in [0.3, 0.4) is 0 Å². The molecule has 1 heterocycles. The Labute approximate surface area is 154 Å². The molecule has 1 aliphatic rings. The average Bonchev–Trinajstić information content (AvgIpc) is 3.09. The van der Waals surface area contributed by atoms with Gasteiger partial charge in [-0.05, 0) is 48.2 Å². The molecule has 0 bridgehead atoms. The number of ether oxygens (including phenoxy) is 1. The van der Waals surface area contributed by atoms with Crippen molar-refractivity contribution in [3.63, 3.8) is 0 Å². The normalized spacial score (nSPS) is 15.2. The summed E-state index contributed by atoms with van der Waals surface area (Å²) in [6.45, 7) is 5.00. The van der Waals surface area contributed by atoms with Crippen LogP contribution in [0.5, 0.6) is 5.75 Å². The third-order valence-corrected chi connectivity index (χ3v) is 4.40. The van der Waals surface area contributed by atoms with Crippen LogP contribution in [-0.4, -0.2) is 38.8 Å². The van der Waals surface area contributed by atoms with Crippen LogP contribution in [0.15, 0.2) is 24.3 Å². The summed E-state index contributed by atoms with van der Waals surface area (Å²) in [6.07, 6.45) is 5.77. The number of hydrogen-bond acceptors (Lipinski definition) is 5. The monoisotopic (exact) mass is 357 g/mol. The summed E-state index contributed by atoms with van der Waals surface area (Å²) < 4.78 is 5.67. The number of carbonyl (C=O) groups is 1. The molecular formula is C19H27N5O2.